The van der Waals surface area contributed by atoms with E-state index in [4.69, 9.17) is 5.73 Å². The smallest absolute Gasteiger partial charge is 0.129 e. The predicted molar refractivity (Wildman–Crippen MR) is 78.8 cm³/mol. The van der Waals surface area contributed by atoms with E-state index in [0.29, 0.717) is 17.7 Å². The summed E-state index contributed by atoms with van der Waals surface area (Å²) in [5.41, 5.74) is 11.1. The molecule has 2 aromatic carbocycles. The van der Waals surface area contributed by atoms with Crippen molar-refractivity contribution in [1.82, 2.24) is 0 Å². The van der Waals surface area contributed by atoms with Crippen molar-refractivity contribution in [3.63, 3.8) is 0 Å². The molecule has 0 amide bonds. The summed E-state index contributed by atoms with van der Waals surface area (Å²) in [6, 6.07) is 9.54. The van der Waals surface area contributed by atoms with E-state index < -0.39 is 0 Å². The van der Waals surface area contributed by atoms with Crippen LogP contribution in [0.2, 0.25) is 0 Å². The lowest BCUT2D eigenvalue weighted by Gasteiger charge is -2.12. The molecule has 0 aromatic heterocycles. The van der Waals surface area contributed by atoms with Crippen molar-refractivity contribution in [2.75, 3.05) is 11.1 Å². The van der Waals surface area contributed by atoms with E-state index in [0.717, 1.165) is 22.5 Å². The third kappa shape index (κ3) is 2.87. The predicted octanol–water partition coefficient (Wildman–Crippen LogP) is 3.95. The van der Waals surface area contributed by atoms with Gasteiger partial charge in [-0.05, 0) is 55.2 Å². The average molecular weight is 258 g/mol. The second-order valence-corrected chi connectivity index (χ2v) is 4.92. The maximum absolute atomic E-state index is 13.6. The summed E-state index contributed by atoms with van der Waals surface area (Å²) in [5.74, 6) is -0.121. The van der Waals surface area contributed by atoms with Gasteiger partial charge >= 0.3 is 0 Å². The Morgan fingerprint density at radius 2 is 1.74 bits per heavy atom. The largest absolute Gasteiger partial charge is 0.398 e. The molecule has 0 aliphatic heterocycles. The maximum Gasteiger partial charge on any atom is 0.129 e. The Balaban J connectivity index is 2.17. The number of rotatable bonds is 3. The summed E-state index contributed by atoms with van der Waals surface area (Å²) < 4.78 is 13.6. The molecule has 19 heavy (non-hydrogen) atoms. The number of nitrogens with two attached hydrogens (primary N) is 1. The van der Waals surface area contributed by atoms with Crippen LogP contribution in [0.15, 0.2) is 30.3 Å². The first-order valence-electron chi connectivity index (χ1n) is 6.33. The minimum absolute atomic E-state index is 0.121. The second-order valence-electron chi connectivity index (χ2n) is 4.92. The zero-order chi connectivity index (χ0) is 14.0. The highest BCUT2D eigenvalue weighted by Crippen LogP contribution is 2.22. The Kier molecular flexibility index (Phi) is 3.74. The number of nitrogen functional groups attached to an aromatic ring is 1. The number of anilines is 2. The molecule has 0 bridgehead atoms. The quantitative estimate of drug-likeness (QED) is 0.818. The summed E-state index contributed by atoms with van der Waals surface area (Å²) in [7, 11) is 0. The standard InChI is InChI=1S/C16H19FN2/c1-10-7-13(8-11(2)16(10)17)9-19-15-6-4-5-14(18)12(15)3/h4-8,19H,9,18H2,1-3H3. The Morgan fingerprint density at radius 3 is 2.37 bits per heavy atom. The third-order valence-electron chi connectivity index (χ3n) is 3.35. The van der Waals surface area contributed by atoms with Crippen molar-refractivity contribution in [2.24, 2.45) is 0 Å². The molecule has 0 aliphatic rings. The number of nitrogens with one attached hydrogen (secondary N) is 1. The highest BCUT2D eigenvalue weighted by Gasteiger charge is 2.05. The van der Waals surface area contributed by atoms with Gasteiger partial charge in [0.25, 0.3) is 0 Å². The van der Waals surface area contributed by atoms with Crippen LogP contribution in [0, 0.1) is 26.6 Å². The lowest BCUT2D eigenvalue weighted by atomic mass is 10.1. The van der Waals surface area contributed by atoms with Gasteiger partial charge in [-0.15, -0.1) is 0 Å². The van der Waals surface area contributed by atoms with Crippen LogP contribution in [0.25, 0.3) is 0 Å². The topological polar surface area (TPSA) is 38.0 Å². The van der Waals surface area contributed by atoms with E-state index in [1.54, 1.807) is 13.8 Å². The molecule has 0 radical (unpaired) electrons. The SMILES string of the molecule is Cc1cc(CNc2cccc(N)c2C)cc(C)c1F. The van der Waals surface area contributed by atoms with Crippen LogP contribution < -0.4 is 11.1 Å². The van der Waals surface area contributed by atoms with Crippen molar-refractivity contribution in [3.05, 3.63) is 58.4 Å². The van der Waals surface area contributed by atoms with Crippen LogP contribution in [0.5, 0.6) is 0 Å². The van der Waals surface area contributed by atoms with Crippen LogP contribution in [-0.2, 0) is 6.54 Å². The number of hydrogen-bond donors (Lipinski definition) is 2. The molecule has 3 N–H and O–H groups in total. The zero-order valence-corrected chi connectivity index (χ0v) is 11.5. The summed E-state index contributed by atoms with van der Waals surface area (Å²) >= 11 is 0. The fourth-order valence-electron chi connectivity index (χ4n) is 2.18. The molecule has 0 spiro atoms. The van der Waals surface area contributed by atoms with E-state index in [1.165, 1.54) is 0 Å². The lowest BCUT2D eigenvalue weighted by Crippen LogP contribution is -2.04. The van der Waals surface area contributed by atoms with Gasteiger partial charge in [-0.1, -0.05) is 18.2 Å². The second kappa shape index (κ2) is 5.31. The molecule has 0 saturated carbocycles. The van der Waals surface area contributed by atoms with E-state index in [1.807, 2.05) is 37.3 Å². The first-order chi connectivity index (χ1) is 8.99. The molecule has 100 valence electrons. The summed E-state index contributed by atoms with van der Waals surface area (Å²) in [6.07, 6.45) is 0. The number of halogens is 1. The van der Waals surface area contributed by atoms with Crippen molar-refractivity contribution in [3.8, 4) is 0 Å². The van der Waals surface area contributed by atoms with Crippen LogP contribution in [-0.4, -0.2) is 0 Å². The van der Waals surface area contributed by atoms with Gasteiger partial charge in [-0.25, -0.2) is 4.39 Å². The zero-order valence-electron chi connectivity index (χ0n) is 11.5. The Hall–Kier alpha value is -2.03. The monoisotopic (exact) mass is 258 g/mol. The molecular formula is C16H19FN2. The van der Waals surface area contributed by atoms with Gasteiger partial charge in [0.2, 0.25) is 0 Å². The van der Waals surface area contributed by atoms with Gasteiger partial charge in [-0.3, -0.25) is 0 Å². The fraction of sp³-hybridized carbons (Fsp3) is 0.250. The van der Waals surface area contributed by atoms with Gasteiger partial charge < -0.3 is 11.1 Å². The minimum Gasteiger partial charge on any atom is -0.398 e. The Bertz CT molecular complexity index is 583. The number of aryl methyl sites for hydroxylation is 2. The van der Waals surface area contributed by atoms with E-state index in [9.17, 15) is 4.39 Å². The molecule has 0 saturated heterocycles. The molecule has 2 aromatic rings. The van der Waals surface area contributed by atoms with Crippen molar-refractivity contribution in [2.45, 2.75) is 27.3 Å². The van der Waals surface area contributed by atoms with Gasteiger partial charge in [0.05, 0.1) is 0 Å². The van der Waals surface area contributed by atoms with Gasteiger partial charge in [0, 0.05) is 17.9 Å². The molecule has 0 aliphatic carbocycles. The van der Waals surface area contributed by atoms with Crippen LogP contribution in [0.1, 0.15) is 22.3 Å². The van der Waals surface area contributed by atoms with E-state index in [2.05, 4.69) is 5.32 Å². The molecular weight excluding hydrogens is 239 g/mol. The molecule has 0 atom stereocenters. The molecule has 2 nitrogen and oxygen atoms in total. The van der Waals surface area contributed by atoms with E-state index >= 15 is 0 Å². The molecule has 3 heteroatoms. The van der Waals surface area contributed by atoms with Crippen LogP contribution in [0.3, 0.4) is 0 Å². The normalized spacial score (nSPS) is 10.5. The lowest BCUT2D eigenvalue weighted by molar-refractivity contribution is 0.608. The summed E-state index contributed by atoms with van der Waals surface area (Å²) in [6.45, 7) is 6.22. The number of hydrogen-bond acceptors (Lipinski definition) is 2. The Labute approximate surface area is 113 Å². The van der Waals surface area contributed by atoms with Gasteiger partial charge in [0.15, 0.2) is 0 Å². The van der Waals surface area contributed by atoms with E-state index in [-0.39, 0.29) is 5.82 Å². The molecule has 0 unspecified atom stereocenters. The average Bonchev–Trinajstić information content (AvgIpc) is 2.37. The highest BCUT2D eigenvalue weighted by atomic mass is 19.1. The van der Waals surface area contributed by atoms with Crippen LogP contribution >= 0.6 is 0 Å². The summed E-state index contributed by atoms with van der Waals surface area (Å²) in [5, 5.41) is 3.34. The highest BCUT2D eigenvalue weighted by molar-refractivity contribution is 5.62. The summed E-state index contributed by atoms with van der Waals surface area (Å²) in [4.78, 5) is 0. The third-order valence-corrected chi connectivity index (χ3v) is 3.35. The van der Waals surface area contributed by atoms with Gasteiger partial charge in [-0.2, -0.15) is 0 Å². The molecule has 2 rings (SSSR count). The maximum atomic E-state index is 13.6. The fourth-order valence-corrected chi connectivity index (χ4v) is 2.18. The molecule has 0 heterocycles. The van der Waals surface area contributed by atoms with Crippen molar-refractivity contribution in [1.29, 1.82) is 0 Å². The first-order valence-corrected chi connectivity index (χ1v) is 6.33. The van der Waals surface area contributed by atoms with Crippen LogP contribution in [0.4, 0.5) is 15.8 Å². The van der Waals surface area contributed by atoms with Gasteiger partial charge in [0.1, 0.15) is 5.82 Å². The van der Waals surface area contributed by atoms with Crippen molar-refractivity contribution < 1.29 is 4.39 Å². The Morgan fingerprint density at radius 1 is 1.11 bits per heavy atom. The first kappa shape index (κ1) is 13.4. The number of benzene rings is 2. The minimum atomic E-state index is -0.121. The molecule has 0 fully saturated rings. The van der Waals surface area contributed by atoms with Crippen molar-refractivity contribution >= 4 is 11.4 Å².